The Morgan fingerprint density at radius 1 is 1.00 bits per heavy atom. The Morgan fingerprint density at radius 2 is 1.76 bits per heavy atom. The number of para-hydroxylation sites is 2. The molecule has 34 heavy (non-hydrogen) atoms. The highest BCUT2D eigenvalue weighted by Crippen LogP contribution is 2.31. The Kier molecular flexibility index (Phi) is 5.69. The first-order valence-electron chi connectivity index (χ1n) is 10.5. The number of carbonyl (C=O) groups is 1. The van der Waals surface area contributed by atoms with E-state index in [1.165, 1.54) is 23.0 Å². The molecular weight excluding hydrogens is 452 g/mol. The number of hydrogen-bond donors (Lipinski definition) is 1. The van der Waals surface area contributed by atoms with E-state index in [0.717, 1.165) is 14.7 Å². The van der Waals surface area contributed by atoms with Crippen LogP contribution in [0.15, 0.2) is 82.5 Å². The molecule has 0 spiro atoms. The zero-order chi connectivity index (χ0) is 23.7. The van der Waals surface area contributed by atoms with Gasteiger partial charge in [-0.2, -0.15) is 0 Å². The number of amides is 1. The lowest BCUT2D eigenvalue weighted by Gasteiger charge is -2.14. The van der Waals surface area contributed by atoms with Crippen LogP contribution in [0.25, 0.3) is 20.3 Å². The molecule has 0 unspecified atom stereocenters. The number of methoxy groups -OCH3 is 1. The van der Waals surface area contributed by atoms with Gasteiger partial charge in [0, 0.05) is 16.3 Å². The predicted octanol–water partition coefficient (Wildman–Crippen LogP) is 3.47. The Morgan fingerprint density at radius 3 is 2.56 bits per heavy atom. The lowest BCUT2D eigenvalue weighted by Crippen LogP contribution is -2.41. The van der Waals surface area contributed by atoms with Crippen LogP contribution in [0.5, 0.6) is 5.75 Å². The molecule has 0 radical (unpaired) electrons. The van der Waals surface area contributed by atoms with Gasteiger partial charge < -0.3 is 10.1 Å². The van der Waals surface area contributed by atoms with Crippen molar-refractivity contribution in [1.29, 1.82) is 0 Å². The van der Waals surface area contributed by atoms with Crippen molar-refractivity contribution < 1.29 is 9.53 Å². The minimum atomic E-state index is -0.568. The van der Waals surface area contributed by atoms with Crippen molar-refractivity contribution in [1.82, 2.24) is 14.1 Å². The minimum Gasteiger partial charge on any atom is -0.495 e. The highest BCUT2D eigenvalue weighted by atomic mass is 32.1. The molecule has 0 bridgehead atoms. The topological polar surface area (TPSA) is 95.2 Å². The van der Waals surface area contributed by atoms with Gasteiger partial charge in [-0.1, -0.05) is 36.4 Å². The van der Waals surface area contributed by atoms with Crippen molar-refractivity contribution in [3.8, 4) is 5.75 Å². The molecule has 0 aliphatic heterocycles. The monoisotopic (exact) mass is 472 g/mol. The number of carbonyl (C=O) groups excluding carboxylic acids is 1. The zero-order valence-electron chi connectivity index (χ0n) is 18.2. The third kappa shape index (κ3) is 3.86. The summed E-state index contributed by atoms with van der Waals surface area (Å²) in [7, 11) is 1.52. The number of aromatic nitrogens is 3. The van der Waals surface area contributed by atoms with E-state index in [4.69, 9.17) is 4.74 Å². The fourth-order valence-electron chi connectivity index (χ4n) is 3.92. The lowest BCUT2D eigenvalue weighted by molar-refractivity contribution is -0.116. The molecule has 0 saturated heterocycles. The van der Waals surface area contributed by atoms with Gasteiger partial charge in [-0.15, -0.1) is 11.3 Å². The summed E-state index contributed by atoms with van der Waals surface area (Å²) in [5.41, 5.74) is 0.571. The van der Waals surface area contributed by atoms with Gasteiger partial charge in [-0.25, -0.2) is 4.79 Å². The Balaban J connectivity index is 1.65. The molecule has 170 valence electrons. The molecule has 1 N–H and O–H groups in total. The van der Waals surface area contributed by atoms with Gasteiger partial charge in [0.05, 0.1) is 30.6 Å². The number of fused-ring (bicyclic) bond motifs is 3. The van der Waals surface area contributed by atoms with Crippen LogP contribution >= 0.6 is 11.3 Å². The van der Waals surface area contributed by atoms with E-state index in [9.17, 15) is 14.4 Å². The van der Waals surface area contributed by atoms with Crippen molar-refractivity contribution in [3.05, 3.63) is 99.5 Å². The van der Waals surface area contributed by atoms with Crippen LogP contribution in [0, 0.1) is 0 Å². The Bertz CT molecular complexity index is 1640. The second-order valence-corrected chi connectivity index (χ2v) is 8.66. The quantitative estimate of drug-likeness (QED) is 0.408. The Hall–Kier alpha value is -4.24. The molecule has 0 saturated carbocycles. The van der Waals surface area contributed by atoms with Crippen molar-refractivity contribution in [2.45, 2.75) is 13.1 Å². The van der Waals surface area contributed by atoms with E-state index >= 15 is 0 Å². The zero-order valence-corrected chi connectivity index (χ0v) is 19.0. The van der Waals surface area contributed by atoms with E-state index < -0.39 is 17.2 Å². The van der Waals surface area contributed by atoms with Gasteiger partial charge in [0.1, 0.15) is 17.0 Å². The smallest absolute Gasteiger partial charge is 0.332 e. The maximum absolute atomic E-state index is 13.6. The molecule has 3 aromatic heterocycles. The molecule has 0 aliphatic rings. The molecule has 9 heteroatoms. The summed E-state index contributed by atoms with van der Waals surface area (Å²) < 4.78 is 9.09. The molecule has 0 fully saturated rings. The van der Waals surface area contributed by atoms with E-state index in [0.29, 0.717) is 27.3 Å². The number of thiophene rings is 1. The van der Waals surface area contributed by atoms with E-state index in [-0.39, 0.29) is 13.1 Å². The third-order valence-electron chi connectivity index (χ3n) is 5.47. The molecule has 0 atom stereocenters. The van der Waals surface area contributed by atoms with Crippen LogP contribution < -0.4 is 21.3 Å². The summed E-state index contributed by atoms with van der Waals surface area (Å²) in [6, 6.07) is 19.8. The summed E-state index contributed by atoms with van der Waals surface area (Å²) in [5, 5.41) is 3.56. The molecule has 1 amide bonds. The van der Waals surface area contributed by atoms with Crippen molar-refractivity contribution >= 4 is 43.2 Å². The molecule has 8 nitrogen and oxygen atoms in total. The number of rotatable bonds is 6. The largest absolute Gasteiger partial charge is 0.495 e. The molecular formula is C25H20N4O4S. The van der Waals surface area contributed by atoms with Crippen LogP contribution in [0.2, 0.25) is 0 Å². The van der Waals surface area contributed by atoms with Gasteiger partial charge in [0.25, 0.3) is 5.56 Å². The van der Waals surface area contributed by atoms with Crippen LogP contribution in [0.3, 0.4) is 0 Å². The van der Waals surface area contributed by atoms with Gasteiger partial charge in [-0.05, 0) is 30.3 Å². The van der Waals surface area contributed by atoms with E-state index in [1.54, 1.807) is 48.7 Å². The minimum absolute atomic E-state index is 0.0107. The molecule has 5 rings (SSSR count). The van der Waals surface area contributed by atoms with Crippen LogP contribution in [-0.4, -0.2) is 27.1 Å². The predicted molar refractivity (Wildman–Crippen MR) is 133 cm³/mol. The van der Waals surface area contributed by atoms with Gasteiger partial charge in [-0.3, -0.25) is 23.7 Å². The normalized spacial score (nSPS) is 11.1. The maximum atomic E-state index is 13.6. The second kappa shape index (κ2) is 8.95. The Labute approximate surface area is 197 Å². The number of anilines is 1. The first kappa shape index (κ1) is 21.6. The standard InChI is InChI=1S/C25H20N4O4S/c1-33-19-11-4-3-10-18(19)27-21(30)15-28-22-17-9-2-5-12-20(17)34-23(22)24(31)29(25(28)32)14-16-8-6-7-13-26-16/h2-13H,14-15H2,1H3,(H,27,30). The number of pyridine rings is 1. The van der Waals surface area contributed by atoms with Crippen molar-refractivity contribution in [3.63, 3.8) is 0 Å². The molecule has 3 heterocycles. The first-order chi connectivity index (χ1) is 16.6. The maximum Gasteiger partial charge on any atom is 0.332 e. The number of nitrogens with one attached hydrogen (secondary N) is 1. The second-order valence-electron chi connectivity index (χ2n) is 7.61. The van der Waals surface area contributed by atoms with Crippen molar-refractivity contribution in [2.24, 2.45) is 0 Å². The van der Waals surface area contributed by atoms with Crippen molar-refractivity contribution in [2.75, 3.05) is 12.4 Å². The van der Waals surface area contributed by atoms with Gasteiger partial charge in [0.15, 0.2) is 0 Å². The fourth-order valence-corrected chi connectivity index (χ4v) is 5.07. The number of benzene rings is 2. The van der Waals surface area contributed by atoms with E-state index in [2.05, 4.69) is 10.3 Å². The SMILES string of the molecule is COc1ccccc1NC(=O)Cn1c(=O)n(Cc2ccccn2)c(=O)c2sc3ccccc3c21. The highest BCUT2D eigenvalue weighted by Gasteiger charge is 2.20. The molecule has 2 aromatic carbocycles. The average molecular weight is 473 g/mol. The summed E-state index contributed by atoms with van der Waals surface area (Å²) in [6.07, 6.45) is 1.61. The lowest BCUT2D eigenvalue weighted by atomic mass is 10.2. The third-order valence-corrected chi connectivity index (χ3v) is 6.62. The number of ether oxygens (including phenoxy) is 1. The van der Waals surface area contributed by atoms with Gasteiger partial charge in [0.2, 0.25) is 5.91 Å². The number of hydrogen-bond acceptors (Lipinski definition) is 6. The summed E-state index contributed by atoms with van der Waals surface area (Å²) in [6.45, 7) is -0.257. The fraction of sp³-hybridized carbons (Fsp3) is 0.120. The van der Waals surface area contributed by atoms with Gasteiger partial charge >= 0.3 is 5.69 Å². The summed E-state index contributed by atoms with van der Waals surface area (Å²) in [5.74, 6) is 0.0978. The van der Waals surface area contributed by atoms with Crippen LogP contribution in [0.4, 0.5) is 5.69 Å². The molecule has 5 aromatic rings. The van der Waals surface area contributed by atoms with E-state index in [1.807, 2.05) is 24.3 Å². The summed E-state index contributed by atoms with van der Waals surface area (Å²) >= 11 is 1.31. The summed E-state index contributed by atoms with van der Waals surface area (Å²) in [4.78, 5) is 44.2. The molecule has 0 aliphatic carbocycles. The highest BCUT2D eigenvalue weighted by molar-refractivity contribution is 7.25. The van der Waals surface area contributed by atoms with Crippen LogP contribution in [-0.2, 0) is 17.9 Å². The number of nitrogens with zero attached hydrogens (tertiary/aromatic N) is 3. The van der Waals surface area contributed by atoms with Crippen LogP contribution in [0.1, 0.15) is 5.69 Å². The average Bonchev–Trinajstić information content (AvgIpc) is 3.25. The first-order valence-corrected chi connectivity index (χ1v) is 11.4.